The lowest BCUT2D eigenvalue weighted by Crippen LogP contribution is -2.12. The maximum absolute atomic E-state index is 9.70. The Morgan fingerprint density at radius 2 is 1.83 bits per heavy atom. The Balaban J connectivity index is 2.59. The number of aliphatic hydroxyl groups excluding tert-OH is 1. The number of ether oxygens (including phenoxy) is 2. The van der Waals surface area contributed by atoms with Crippen LogP contribution in [0.3, 0.4) is 0 Å². The van der Waals surface area contributed by atoms with Gasteiger partial charge >= 0.3 is 0 Å². The second-order valence-corrected chi connectivity index (χ2v) is 5.12. The summed E-state index contributed by atoms with van der Waals surface area (Å²) in [7, 11) is 0. The number of hydrogen-bond acceptors (Lipinski definition) is 4. The number of phenols is 1. The molecule has 0 aromatic heterocycles. The highest BCUT2D eigenvalue weighted by molar-refractivity contribution is 5.43. The molecule has 1 aromatic rings. The third kappa shape index (κ3) is 4.55. The maximum Gasteiger partial charge on any atom is 0.161 e. The summed E-state index contributed by atoms with van der Waals surface area (Å²) >= 11 is 0. The molecule has 4 heteroatoms. The number of benzene rings is 1. The van der Waals surface area contributed by atoms with Crippen molar-refractivity contribution in [3.05, 3.63) is 23.8 Å². The van der Waals surface area contributed by atoms with E-state index in [2.05, 4.69) is 20.8 Å². The van der Waals surface area contributed by atoms with Crippen molar-refractivity contribution < 1.29 is 19.7 Å². The molecule has 0 aliphatic heterocycles. The third-order valence-electron chi connectivity index (χ3n) is 2.55. The van der Waals surface area contributed by atoms with E-state index in [-0.39, 0.29) is 17.8 Å². The molecule has 0 saturated heterocycles. The van der Waals surface area contributed by atoms with Crippen molar-refractivity contribution in [2.45, 2.75) is 26.2 Å². The van der Waals surface area contributed by atoms with Gasteiger partial charge in [0.25, 0.3) is 0 Å². The molecule has 0 radical (unpaired) electrons. The number of aromatic hydroxyl groups is 1. The van der Waals surface area contributed by atoms with E-state index in [1.165, 1.54) is 0 Å². The molecule has 0 aliphatic carbocycles. The first kappa shape index (κ1) is 14.8. The van der Waals surface area contributed by atoms with Gasteiger partial charge < -0.3 is 19.7 Å². The molecule has 1 aromatic carbocycles. The Hall–Kier alpha value is -1.26. The van der Waals surface area contributed by atoms with E-state index in [0.29, 0.717) is 25.6 Å². The molecule has 102 valence electrons. The van der Waals surface area contributed by atoms with Crippen LogP contribution in [0.15, 0.2) is 18.2 Å². The molecule has 0 bridgehead atoms. The smallest absolute Gasteiger partial charge is 0.161 e. The highest BCUT2D eigenvalue weighted by atomic mass is 16.5. The summed E-state index contributed by atoms with van der Waals surface area (Å²) in [6.07, 6.45) is 0. The van der Waals surface area contributed by atoms with Gasteiger partial charge in [-0.05, 0) is 23.1 Å². The Kier molecular flexibility index (Phi) is 5.44. The third-order valence-corrected chi connectivity index (χ3v) is 2.55. The largest absolute Gasteiger partial charge is 0.504 e. The van der Waals surface area contributed by atoms with Gasteiger partial charge in [0.15, 0.2) is 11.5 Å². The Morgan fingerprint density at radius 1 is 1.11 bits per heavy atom. The standard InChI is InChI=1S/C14H22O4/c1-14(2,3)11-4-5-12(16)13(10-11)18-9-8-17-7-6-15/h4-5,10,15-16H,6-9H2,1-3H3. The predicted octanol–water partition coefficient (Wildman–Crippen LogP) is 2.08. The quantitative estimate of drug-likeness (QED) is 0.763. The van der Waals surface area contributed by atoms with E-state index in [1.807, 2.05) is 12.1 Å². The van der Waals surface area contributed by atoms with Crippen molar-refractivity contribution in [1.29, 1.82) is 0 Å². The fourth-order valence-electron chi connectivity index (χ4n) is 1.47. The van der Waals surface area contributed by atoms with Gasteiger partial charge in [-0.1, -0.05) is 26.8 Å². The van der Waals surface area contributed by atoms with Gasteiger partial charge in [0, 0.05) is 0 Å². The van der Waals surface area contributed by atoms with Crippen LogP contribution in [0.25, 0.3) is 0 Å². The minimum atomic E-state index is 0.00472. The minimum absolute atomic E-state index is 0.00472. The van der Waals surface area contributed by atoms with Crippen LogP contribution >= 0.6 is 0 Å². The fourth-order valence-corrected chi connectivity index (χ4v) is 1.47. The average molecular weight is 254 g/mol. The van der Waals surface area contributed by atoms with E-state index >= 15 is 0 Å². The zero-order valence-electron chi connectivity index (χ0n) is 11.3. The lowest BCUT2D eigenvalue weighted by molar-refractivity contribution is 0.0699. The van der Waals surface area contributed by atoms with Gasteiger partial charge in [0.2, 0.25) is 0 Å². The lowest BCUT2D eigenvalue weighted by Gasteiger charge is -2.20. The number of aliphatic hydroxyl groups is 1. The molecule has 0 fully saturated rings. The highest BCUT2D eigenvalue weighted by Crippen LogP contribution is 2.32. The molecular weight excluding hydrogens is 232 g/mol. The van der Waals surface area contributed by atoms with Gasteiger partial charge in [-0.3, -0.25) is 0 Å². The molecule has 0 aliphatic rings. The molecule has 0 saturated carbocycles. The summed E-state index contributed by atoms with van der Waals surface area (Å²) in [6.45, 7) is 7.36. The molecule has 0 unspecified atom stereocenters. The zero-order valence-corrected chi connectivity index (χ0v) is 11.3. The zero-order chi connectivity index (χ0) is 13.6. The van der Waals surface area contributed by atoms with Crippen LogP contribution in [0.5, 0.6) is 11.5 Å². The Bertz CT molecular complexity index is 369. The average Bonchev–Trinajstić information content (AvgIpc) is 2.29. The van der Waals surface area contributed by atoms with Crippen molar-refractivity contribution in [2.75, 3.05) is 26.4 Å². The van der Waals surface area contributed by atoms with Crippen LogP contribution in [0.1, 0.15) is 26.3 Å². The van der Waals surface area contributed by atoms with Crippen LogP contribution < -0.4 is 4.74 Å². The Morgan fingerprint density at radius 3 is 2.44 bits per heavy atom. The first-order valence-electron chi connectivity index (χ1n) is 6.10. The molecule has 1 rings (SSSR count). The van der Waals surface area contributed by atoms with E-state index in [4.69, 9.17) is 14.6 Å². The molecule has 0 spiro atoms. The molecule has 0 atom stereocenters. The van der Waals surface area contributed by atoms with Crippen molar-refractivity contribution in [3.63, 3.8) is 0 Å². The van der Waals surface area contributed by atoms with Crippen LogP contribution in [-0.4, -0.2) is 36.6 Å². The molecule has 0 heterocycles. The van der Waals surface area contributed by atoms with E-state index in [9.17, 15) is 5.11 Å². The number of hydrogen-bond donors (Lipinski definition) is 2. The summed E-state index contributed by atoms with van der Waals surface area (Å²) in [5.41, 5.74) is 1.12. The predicted molar refractivity (Wildman–Crippen MR) is 70.2 cm³/mol. The lowest BCUT2D eigenvalue weighted by atomic mass is 9.87. The maximum atomic E-state index is 9.70. The summed E-state index contributed by atoms with van der Waals surface area (Å²) in [5.74, 6) is 0.597. The molecule has 4 nitrogen and oxygen atoms in total. The molecule has 2 N–H and O–H groups in total. The van der Waals surface area contributed by atoms with Crippen LogP contribution in [0.4, 0.5) is 0 Å². The monoisotopic (exact) mass is 254 g/mol. The topological polar surface area (TPSA) is 58.9 Å². The summed E-state index contributed by atoms with van der Waals surface area (Å²) in [5, 5.41) is 18.2. The van der Waals surface area contributed by atoms with E-state index in [0.717, 1.165) is 5.56 Å². The molecule has 18 heavy (non-hydrogen) atoms. The molecular formula is C14H22O4. The van der Waals surface area contributed by atoms with Gasteiger partial charge in [-0.25, -0.2) is 0 Å². The van der Waals surface area contributed by atoms with Crippen molar-refractivity contribution >= 4 is 0 Å². The molecule has 0 amide bonds. The first-order valence-corrected chi connectivity index (χ1v) is 6.10. The highest BCUT2D eigenvalue weighted by Gasteiger charge is 2.15. The minimum Gasteiger partial charge on any atom is -0.504 e. The Labute approximate surface area is 108 Å². The normalized spacial score (nSPS) is 11.6. The summed E-state index contributed by atoms with van der Waals surface area (Å²) in [4.78, 5) is 0. The first-order chi connectivity index (χ1) is 8.45. The van der Waals surface area contributed by atoms with Crippen LogP contribution in [0, 0.1) is 0 Å². The second-order valence-electron chi connectivity index (χ2n) is 5.12. The van der Waals surface area contributed by atoms with Gasteiger partial charge in [0.1, 0.15) is 6.61 Å². The van der Waals surface area contributed by atoms with Crippen LogP contribution in [0.2, 0.25) is 0 Å². The fraction of sp³-hybridized carbons (Fsp3) is 0.571. The second kappa shape index (κ2) is 6.61. The van der Waals surface area contributed by atoms with Gasteiger partial charge in [-0.2, -0.15) is 0 Å². The van der Waals surface area contributed by atoms with Crippen molar-refractivity contribution in [3.8, 4) is 11.5 Å². The van der Waals surface area contributed by atoms with Gasteiger partial charge in [-0.15, -0.1) is 0 Å². The van der Waals surface area contributed by atoms with Crippen LogP contribution in [-0.2, 0) is 10.2 Å². The number of phenolic OH excluding ortho intramolecular Hbond substituents is 1. The van der Waals surface area contributed by atoms with Crippen molar-refractivity contribution in [2.24, 2.45) is 0 Å². The van der Waals surface area contributed by atoms with E-state index in [1.54, 1.807) is 6.07 Å². The summed E-state index contributed by atoms with van der Waals surface area (Å²) < 4.78 is 10.5. The van der Waals surface area contributed by atoms with E-state index < -0.39 is 0 Å². The van der Waals surface area contributed by atoms with Gasteiger partial charge in [0.05, 0.1) is 19.8 Å². The summed E-state index contributed by atoms with van der Waals surface area (Å²) in [6, 6.07) is 5.39. The number of rotatable bonds is 6. The van der Waals surface area contributed by atoms with Crippen molar-refractivity contribution in [1.82, 2.24) is 0 Å². The SMILES string of the molecule is CC(C)(C)c1ccc(O)c(OCCOCCO)c1.